The van der Waals surface area contributed by atoms with Gasteiger partial charge in [-0.1, -0.05) is 18.2 Å². The number of rotatable bonds is 4. The number of pyridine rings is 1. The number of carbonyl (C=O) groups is 2. The van der Waals surface area contributed by atoms with Gasteiger partial charge in [0.1, 0.15) is 18.2 Å². The minimum atomic E-state index is -0.473. The lowest BCUT2D eigenvalue weighted by atomic mass is 10.2. The summed E-state index contributed by atoms with van der Waals surface area (Å²) in [5.74, 6) is 0.505. The predicted molar refractivity (Wildman–Crippen MR) is 91.4 cm³/mol. The van der Waals surface area contributed by atoms with Gasteiger partial charge in [0, 0.05) is 24.8 Å². The van der Waals surface area contributed by atoms with Crippen LogP contribution in [-0.4, -0.2) is 48.6 Å². The van der Waals surface area contributed by atoms with Crippen LogP contribution >= 0.6 is 0 Å². The van der Waals surface area contributed by atoms with Crippen LogP contribution in [0, 0.1) is 0 Å². The lowest BCUT2D eigenvalue weighted by Crippen LogP contribution is -2.34. The van der Waals surface area contributed by atoms with Gasteiger partial charge in [0.05, 0.1) is 19.2 Å². The van der Waals surface area contributed by atoms with Gasteiger partial charge in [-0.2, -0.15) is 0 Å². The van der Waals surface area contributed by atoms with E-state index in [0.29, 0.717) is 31.1 Å². The summed E-state index contributed by atoms with van der Waals surface area (Å²) >= 11 is 0. The Balaban J connectivity index is 1.62. The van der Waals surface area contributed by atoms with Crippen LogP contribution in [0.2, 0.25) is 0 Å². The third kappa shape index (κ3) is 4.33. The molecule has 7 nitrogen and oxygen atoms in total. The van der Waals surface area contributed by atoms with Gasteiger partial charge >= 0.3 is 5.97 Å². The number of carbonyl (C=O) groups excluding carboxylic acids is 2. The fraction of sp³-hybridized carbons (Fsp3) is 0.278. The maximum atomic E-state index is 12.3. The molecule has 3 rings (SSSR count). The summed E-state index contributed by atoms with van der Waals surface area (Å²) in [6.07, 6.45) is 1.46. The van der Waals surface area contributed by atoms with Crippen molar-refractivity contribution in [2.45, 2.75) is 6.54 Å². The maximum absolute atomic E-state index is 12.3. The maximum Gasteiger partial charge on any atom is 0.338 e. The number of para-hydroxylation sites is 1. The first-order valence-electron chi connectivity index (χ1n) is 7.93. The molecule has 0 bridgehead atoms. The van der Waals surface area contributed by atoms with Crippen LogP contribution in [0.4, 0.5) is 5.82 Å². The summed E-state index contributed by atoms with van der Waals surface area (Å²) in [7, 11) is 1.31. The van der Waals surface area contributed by atoms with Crippen LogP contribution in [0.5, 0.6) is 5.75 Å². The lowest BCUT2D eigenvalue weighted by Gasteiger charge is -2.18. The van der Waals surface area contributed by atoms with Crippen LogP contribution in [0.1, 0.15) is 15.9 Å². The minimum absolute atomic E-state index is 0.200. The van der Waals surface area contributed by atoms with Crippen molar-refractivity contribution in [2.24, 2.45) is 0 Å². The second-order valence-electron chi connectivity index (χ2n) is 5.64. The number of nitrogens with zero attached hydrogens (tertiary/aromatic N) is 2. The Labute approximate surface area is 145 Å². The highest BCUT2D eigenvalue weighted by atomic mass is 16.5. The molecule has 0 saturated carbocycles. The Morgan fingerprint density at radius 2 is 2.16 bits per heavy atom. The van der Waals surface area contributed by atoms with Crippen LogP contribution in [0.25, 0.3) is 0 Å². The molecule has 0 spiro atoms. The molecule has 1 aliphatic heterocycles. The first-order valence-corrected chi connectivity index (χ1v) is 7.93. The van der Waals surface area contributed by atoms with Gasteiger partial charge in [-0.05, 0) is 18.2 Å². The van der Waals surface area contributed by atoms with Crippen molar-refractivity contribution >= 4 is 17.7 Å². The van der Waals surface area contributed by atoms with Crippen molar-refractivity contribution in [1.29, 1.82) is 0 Å². The van der Waals surface area contributed by atoms with E-state index in [1.165, 1.54) is 25.4 Å². The molecule has 1 aliphatic rings. The fourth-order valence-electron chi connectivity index (χ4n) is 2.64. The second kappa shape index (κ2) is 7.76. The largest absolute Gasteiger partial charge is 0.492 e. The molecule has 1 amide bonds. The van der Waals surface area contributed by atoms with Gasteiger partial charge in [-0.3, -0.25) is 9.69 Å². The van der Waals surface area contributed by atoms with Crippen molar-refractivity contribution in [2.75, 3.05) is 32.1 Å². The van der Waals surface area contributed by atoms with E-state index in [1.54, 1.807) is 0 Å². The zero-order chi connectivity index (χ0) is 17.6. The monoisotopic (exact) mass is 341 g/mol. The number of methoxy groups -OCH3 is 1. The summed E-state index contributed by atoms with van der Waals surface area (Å²) in [4.78, 5) is 29.9. The standard InChI is InChI=1S/C18H19N3O4/c1-24-18(23)13-6-7-19-16(10-13)20-17(22)12-21-8-9-25-15-5-3-2-4-14(15)11-21/h2-7,10H,8-9,11-12H2,1H3,(H,19,20,22). The Kier molecular flexibility index (Phi) is 5.25. The third-order valence-electron chi connectivity index (χ3n) is 3.85. The molecule has 2 heterocycles. The SMILES string of the molecule is COC(=O)c1ccnc(NC(=O)CN2CCOc3ccccc3C2)c1. The zero-order valence-corrected chi connectivity index (χ0v) is 13.9. The highest BCUT2D eigenvalue weighted by Gasteiger charge is 2.18. The Hall–Kier alpha value is -2.93. The Morgan fingerprint density at radius 1 is 1.32 bits per heavy atom. The van der Waals surface area contributed by atoms with Gasteiger partial charge in [0.25, 0.3) is 0 Å². The molecule has 0 unspecified atom stereocenters. The van der Waals surface area contributed by atoms with Gasteiger partial charge in [0.15, 0.2) is 0 Å². The van der Waals surface area contributed by atoms with Gasteiger partial charge < -0.3 is 14.8 Å². The van der Waals surface area contributed by atoms with Crippen LogP contribution in [0.3, 0.4) is 0 Å². The normalized spacial score (nSPS) is 14.0. The molecule has 1 N–H and O–H groups in total. The summed E-state index contributed by atoms with van der Waals surface area (Å²) in [5.41, 5.74) is 1.39. The van der Waals surface area contributed by atoms with E-state index in [1.807, 2.05) is 29.2 Å². The minimum Gasteiger partial charge on any atom is -0.492 e. The fourth-order valence-corrected chi connectivity index (χ4v) is 2.64. The zero-order valence-electron chi connectivity index (χ0n) is 13.9. The molecule has 0 aliphatic carbocycles. The van der Waals surface area contributed by atoms with Gasteiger partial charge in [-0.25, -0.2) is 9.78 Å². The average molecular weight is 341 g/mol. The number of anilines is 1. The Bertz CT molecular complexity index is 778. The van der Waals surface area contributed by atoms with Crippen molar-refractivity contribution in [3.8, 4) is 5.75 Å². The summed E-state index contributed by atoms with van der Waals surface area (Å²) < 4.78 is 10.4. The van der Waals surface area contributed by atoms with Gasteiger partial charge in [-0.15, -0.1) is 0 Å². The molecule has 1 aromatic heterocycles. The number of benzene rings is 1. The van der Waals surface area contributed by atoms with E-state index in [9.17, 15) is 9.59 Å². The molecule has 0 atom stereocenters. The predicted octanol–water partition coefficient (Wildman–Crippen LogP) is 1.70. The number of hydrogen-bond acceptors (Lipinski definition) is 6. The molecule has 130 valence electrons. The molecule has 0 saturated heterocycles. The van der Waals surface area contributed by atoms with Gasteiger partial charge in [0.2, 0.25) is 5.91 Å². The first-order chi connectivity index (χ1) is 12.2. The average Bonchev–Trinajstić information content (AvgIpc) is 2.82. The number of aromatic nitrogens is 1. The highest BCUT2D eigenvalue weighted by Crippen LogP contribution is 2.22. The van der Waals surface area contributed by atoms with E-state index in [2.05, 4.69) is 15.0 Å². The van der Waals surface area contributed by atoms with Crippen molar-refractivity contribution in [1.82, 2.24) is 9.88 Å². The Morgan fingerprint density at radius 3 is 3.00 bits per heavy atom. The number of amides is 1. The second-order valence-corrected chi connectivity index (χ2v) is 5.64. The van der Waals surface area contributed by atoms with E-state index < -0.39 is 5.97 Å². The quantitative estimate of drug-likeness (QED) is 0.853. The van der Waals surface area contributed by atoms with E-state index in [4.69, 9.17) is 4.74 Å². The van der Waals surface area contributed by atoms with Crippen LogP contribution in [0.15, 0.2) is 42.6 Å². The van der Waals surface area contributed by atoms with Crippen molar-refractivity contribution in [3.05, 3.63) is 53.7 Å². The van der Waals surface area contributed by atoms with E-state index >= 15 is 0 Å². The molecule has 0 radical (unpaired) electrons. The number of hydrogen-bond donors (Lipinski definition) is 1. The number of ether oxygens (including phenoxy) is 2. The summed E-state index contributed by atoms with van der Waals surface area (Å²) in [6.45, 7) is 2.03. The molecular formula is C18H19N3O4. The van der Waals surface area contributed by atoms with Crippen LogP contribution < -0.4 is 10.1 Å². The summed E-state index contributed by atoms with van der Waals surface area (Å²) in [6, 6.07) is 10.8. The van der Waals surface area contributed by atoms with Crippen molar-refractivity contribution in [3.63, 3.8) is 0 Å². The smallest absolute Gasteiger partial charge is 0.338 e. The molecule has 1 aromatic carbocycles. The molecule has 2 aromatic rings. The van der Waals surface area contributed by atoms with E-state index in [0.717, 1.165) is 11.3 Å². The topological polar surface area (TPSA) is 80.8 Å². The molecular weight excluding hydrogens is 322 g/mol. The van der Waals surface area contributed by atoms with Crippen molar-refractivity contribution < 1.29 is 19.1 Å². The molecule has 0 fully saturated rings. The molecule has 25 heavy (non-hydrogen) atoms. The number of esters is 1. The van der Waals surface area contributed by atoms with Crippen LogP contribution in [-0.2, 0) is 16.1 Å². The first kappa shape index (κ1) is 16.9. The highest BCUT2D eigenvalue weighted by molar-refractivity contribution is 5.94. The van der Waals surface area contributed by atoms with E-state index in [-0.39, 0.29) is 12.5 Å². The third-order valence-corrected chi connectivity index (χ3v) is 3.85. The molecule has 7 heteroatoms. The number of fused-ring (bicyclic) bond motifs is 1. The number of nitrogens with one attached hydrogen (secondary N) is 1. The lowest BCUT2D eigenvalue weighted by molar-refractivity contribution is -0.117. The summed E-state index contributed by atoms with van der Waals surface area (Å²) in [5, 5.41) is 2.71.